The minimum atomic E-state index is -3.63. The Morgan fingerprint density at radius 1 is 1.44 bits per heavy atom. The first kappa shape index (κ1) is 15.0. The predicted molar refractivity (Wildman–Crippen MR) is 69.8 cm³/mol. The Labute approximate surface area is 111 Å². The summed E-state index contributed by atoms with van der Waals surface area (Å²) in [6.45, 7) is -1.89. The van der Waals surface area contributed by atoms with E-state index in [9.17, 15) is 9.36 Å². The second-order valence-corrected chi connectivity index (χ2v) is 6.23. The molecule has 18 heavy (non-hydrogen) atoms. The molecule has 1 N–H and O–H groups in total. The molecule has 1 aromatic rings. The highest BCUT2D eigenvalue weighted by molar-refractivity contribution is 7.84. The Hall–Kier alpha value is -1.03. The molecule has 2 atom stereocenters. The zero-order valence-corrected chi connectivity index (χ0v) is 11.8. The quantitative estimate of drug-likeness (QED) is 0.645. The molecule has 5 nitrogen and oxygen atoms in total. The number of para-hydroxylation sites is 1. The Morgan fingerprint density at radius 3 is 2.56 bits per heavy atom. The highest BCUT2D eigenvalue weighted by Gasteiger charge is 2.29. The molecule has 0 aromatic heterocycles. The molecule has 0 spiro atoms. The summed E-state index contributed by atoms with van der Waals surface area (Å²) in [7, 11) is 1.25. The van der Waals surface area contributed by atoms with E-state index in [0.717, 1.165) is 0 Å². The van der Waals surface area contributed by atoms with Crippen molar-refractivity contribution in [1.29, 1.82) is 0 Å². The van der Waals surface area contributed by atoms with E-state index in [-0.39, 0.29) is 0 Å². The van der Waals surface area contributed by atoms with Gasteiger partial charge in [-0.15, -0.1) is 0 Å². The Balaban J connectivity index is 2.69. The van der Waals surface area contributed by atoms with E-state index >= 15 is 0 Å². The van der Waals surface area contributed by atoms with Crippen LogP contribution in [0.4, 0.5) is 0 Å². The average molecular weight is 292 g/mol. The molecular weight excluding hydrogens is 277 g/mol. The van der Waals surface area contributed by atoms with Gasteiger partial charge in [0.1, 0.15) is 11.8 Å². The van der Waals surface area contributed by atoms with Crippen molar-refractivity contribution in [2.75, 3.05) is 7.11 Å². The molecule has 1 aromatic carbocycles. The van der Waals surface area contributed by atoms with Crippen molar-refractivity contribution >= 4 is 24.1 Å². The highest BCUT2D eigenvalue weighted by Crippen LogP contribution is 2.48. The minimum absolute atomic E-state index is 0.364. The topological polar surface area (TPSA) is 64.6 Å². The summed E-state index contributed by atoms with van der Waals surface area (Å²) >= 11 is 5.76. The van der Waals surface area contributed by atoms with Crippen LogP contribution in [-0.4, -0.2) is 19.1 Å². The van der Waals surface area contributed by atoms with Crippen LogP contribution in [0, 0.1) is 0 Å². The van der Waals surface area contributed by atoms with Crippen molar-refractivity contribution < 1.29 is 18.6 Å². The van der Waals surface area contributed by atoms with Crippen LogP contribution in [0.2, 0.25) is 0 Å². The molecule has 0 saturated heterocycles. The molecule has 7 heteroatoms. The maximum atomic E-state index is 12.0. The fourth-order valence-electron chi connectivity index (χ4n) is 1.28. The van der Waals surface area contributed by atoms with E-state index in [2.05, 4.69) is 9.82 Å². The number of ether oxygens (including phenoxy) is 1. The van der Waals surface area contributed by atoms with Gasteiger partial charge in [0, 0.05) is 11.2 Å². The summed E-state index contributed by atoms with van der Waals surface area (Å²) in [5, 5.41) is 2.47. The number of nitrogens with one attached hydrogen (secondary N) is 1. The number of carbonyl (C=O) groups is 1. The van der Waals surface area contributed by atoms with Crippen molar-refractivity contribution in [3.8, 4) is 5.75 Å². The smallest absolute Gasteiger partial charge is 0.409 e. The van der Waals surface area contributed by atoms with Gasteiger partial charge in [0.25, 0.3) is 0 Å². The lowest BCUT2D eigenvalue weighted by Gasteiger charge is -2.19. The number of esters is 1. The van der Waals surface area contributed by atoms with Crippen LogP contribution >= 0.6 is 18.1 Å². The maximum Gasteiger partial charge on any atom is 0.409 e. The van der Waals surface area contributed by atoms with Gasteiger partial charge in [0.05, 0.1) is 7.11 Å². The molecular formula is C11H15ClNO4P. The van der Waals surface area contributed by atoms with Gasteiger partial charge in [-0.05, 0) is 18.6 Å². The first-order valence-electron chi connectivity index (χ1n) is 5.38. The molecule has 1 unspecified atom stereocenters. The lowest BCUT2D eigenvalue weighted by atomic mass is 10.2. The summed E-state index contributed by atoms with van der Waals surface area (Å²) < 4.78 is 21.7. The zero-order chi connectivity index (χ0) is 13.6. The SMILES string of the molecule is CC[C@H](NP(=O)(Cl)Oc1ccccc1)C(=O)OC. The van der Waals surface area contributed by atoms with E-state index in [1.165, 1.54) is 7.11 Å². The lowest BCUT2D eigenvalue weighted by Crippen LogP contribution is -2.34. The molecule has 0 radical (unpaired) electrons. The van der Waals surface area contributed by atoms with Crippen LogP contribution in [0.5, 0.6) is 5.75 Å². The standard InChI is InChI=1S/C11H15ClNO4P/c1-3-10(11(14)16-2)13-18(12,15)17-9-7-5-4-6-8-9/h4-8,10H,3H2,1-2H3,(H,13,15)/t10-,18?/m0/s1. The fourth-order valence-corrected chi connectivity index (χ4v) is 2.98. The number of hydrogen-bond acceptors (Lipinski definition) is 4. The van der Waals surface area contributed by atoms with Gasteiger partial charge < -0.3 is 9.26 Å². The summed E-state index contributed by atoms with van der Waals surface area (Å²) in [5.74, 6) is -0.168. The Kier molecular flexibility index (Phi) is 5.66. The molecule has 0 bridgehead atoms. The molecule has 100 valence electrons. The van der Waals surface area contributed by atoms with Gasteiger partial charge >= 0.3 is 12.8 Å². The number of rotatable bonds is 6. The third kappa shape index (κ3) is 4.69. The average Bonchev–Trinajstić information content (AvgIpc) is 2.35. The van der Waals surface area contributed by atoms with Crippen molar-refractivity contribution in [2.24, 2.45) is 0 Å². The van der Waals surface area contributed by atoms with Crippen molar-refractivity contribution in [3.05, 3.63) is 30.3 Å². The summed E-state index contributed by atoms with van der Waals surface area (Å²) in [6, 6.07) is 7.73. The van der Waals surface area contributed by atoms with Gasteiger partial charge in [-0.3, -0.25) is 4.79 Å². The van der Waals surface area contributed by atoms with Gasteiger partial charge in [0.2, 0.25) is 0 Å². The van der Waals surface area contributed by atoms with Crippen LogP contribution in [0.15, 0.2) is 30.3 Å². The van der Waals surface area contributed by atoms with Crippen molar-refractivity contribution in [3.63, 3.8) is 0 Å². The fraction of sp³-hybridized carbons (Fsp3) is 0.364. The number of methoxy groups -OCH3 is 1. The number of hydrogen-bond donors (Lipinski definition) is 1. The van der Waals surface area contributed by atoms with Crippen LogP contribution in [0.1, 0.15) is 13.3 Å². The first-order valence-corrected chi connectivity index (χ1v) is 7.91. The zero-order valence-electron chi connectivity index (χ0n) is 10.1. The molecule has 0 heterocycles. The summed E-state index contributed by atoms with van der Waals surface area (Å²) in [4.78, 5) is 11.4. The minimum Gasteiger partial charge on any atom is -0.468 e. The lowest BCUT2D eigenvalue weighted by molar-refractivity contribution is -0.142. The molecule has 0 aliphatic carbocycles. The molecule has 0 aliphatic rings. The summed E-state index contributed by atoms with van der Waals surface area (Å²) in [6.07, 6.45) is 0.390. The summed E-state index contributed by atoms with van der Waals surface area (Å²) in [5.41, 5.74) is 0. The second kappa shape index (κ2) is 6.78. The van der Waals surface area contributed by atoms with Crippen molar-refractivity contribution in [1.82, 2.24) is 5.09 Å². The Bertz CT molecular complexity index is 440. The van der Waals surface area contributed by atoms with E-state index in [0.29, 0.717) is 12.2 Å². The van der Waals surface area contributed by atoms with Gasteiger partial charge in [0.15, 0.2) is 0 Å². The third-order valence-corrected chi connectivity index (χ3v) is 3.74. The van der Waals surface area contributed by atoms with E-state index in [4.69, 9.17) is 15.8 Å². The van der Waals surface area contributed by atoms with Crippen LogP contribution in [0.3, 0.4) is 0 Å². The van der Waals surface area contributed by atoms with Crippen molar-refractivity contribution in [2.45, 2.75) is 19.4 Å². The molecule has 0 amide bonds. The highest BCUT2D eigenvalue weighted by atomic mass is 35.7. The molecule has 0 fully saturated rings. The monoisotopic (exact) mass is 291 g/mol. The number of benzene rings is 1. The van der Waals surface area contributed by atoms with E-state index < -0.39 is 18.9 Å². The largest absolute Gasteiger partial charge is 0.468 e. The maximum absolute atomic E-state index is 12.0. The number of halogens is 1. The van der Waals surface area contributed by atoms with Crippen LogP contribution in [-0.2, 0) is 14.1 Å². The van der Waals surface area contributed by atoms with Gasteiger partial charge in [-0.25, -0.2) is 9.65 Å². The predicted octanol–water partition coefficient (Wildman–Crippen LogP) is 2.95. The first-order chi connectivity index (χ1) is 8.48. The normalized spacial score (nSPS) is 15.5. The molecule has 0 saturated carbocycles. The van der Waals surface area contributed by atoms with Crippen LogP contribution in [0.25, 0.3) is 0 Å². The second-order valence-electron chi connectivity index (χ2n) is 3.50. The third-order valence-electron chi connectivity index (χ3n) is 2.17. The molecule has 1 rings (SSSR count). The van der Waals surface area contributed by atoms with Crippen LogP contribution < -0.4 is 9.61 Å². The van der Waals surface area contributed by atoms with Gasteiger partial charge in [-0.2, -0.15) is 0 Å². The Morgan fingerprint density at radius 2 is 2.06 bits per heavy atom. The van der Waals surface area contributed by atoms with Gasteiger partial charge in [-0.1, -0.05) is 25.1 Å². The van der Waals surface area contributed by atoms with E-state index in [1.807, 2.05) is 0 Å². The van der Waals surface area contributed by atoms with E-state index in [1.54, 1.807) is 37.3 Å². The molecule has 0 aliphatic heterocycles. The number of carbonyl (C=O) groups excluding carboxylic acids is 1.